The molecule has 0 fully saturated rings. The predicted octanol–water partition coefficient (Wildman–Crippen LogP) is 3.40. The summed E-state index contributed by atoms with van der Waals surface area (Å²) in [5.74, 6) is 0.0709. The largest absolute Gasteiger partial charge is 0.313 e. The van der Waals surface area contributed by atoms with Crippen LogP contribution in [0, 0.1) is 17.0 Å². The Balaban J connectivity index is 3.32. The monoisotopic (exact) mass is 303 g/mol. The van der Waals surface area contributed by atoms with Crippen LogP contribution in [-0.2, 0) is 6.54 Å². The van der Waals surface area contributed by atoms with Gasteiger partial charge in [-0.15, -0.1) is 0 Å². The number of rotatable bonds is 5. The van der Waals surface area contributed by atoms with Crippen LogP contribution in [-0.4, -0.2) is 19.5 Å². The second kappa shape index (κ2) is 5.62. The molecule has 5 nitrogen and oxygen atoms in total. The van der Waals surface area contributed by atoms with Gasteiger partial charge in [-0.25, -0.2) is 0 Å². The molecule has 0 aliphatic heterocycles. The molecule has 0 spiro atoms. The van der Waals surface area contributed by atoms with Gasteiger partial charge in [0.05, 0.1) is 4.92 Å². The molecule has 0 bridgehead atoms. The van der Waals surface area contributed by atoms with E-state index < -0.39 is 0 Å². The van der Waals surface area contributed by atoms with E-state index in [1.165, 1.54) is 0 Å². The van der Waals surface area contributed by atoms with Crippen molar-refractivity contribution >= 4 is 21.6 Å². The molecule has 0 aromatic carbocycles. The standard InChI is InChI=1S/C11H18BrN3O2/c1-5-9(12)7(3)10-11(15(16)17)8(4)13-14(10)6-2/h7,9H,5-6H2,1-4H3. The summed E-state index contributed by atoms with van der Waals surface area (Å²) in [5.41, 5.74) is 1.38. The number of aromatic nitrogens is 2. The third-order valence-electron chi connectivity index (χ3n) is 2.98. The van der Waals surface area contributed by atoms with E-state index in [4.69, 9.17) is 0 Å². The van der Waals surface area contributed by atoms with E-state index in [1.54, 1.807) is 11.6 Å². The number of nitro groups is 1. The molecule has 0 radical (unpaired) electrons. The lowest BCUT2D eigenvalue weighted by atomic mass is 10.00. The number of aryl methyl sites for hydroxylation is 2. The minimum atomic E-state index is -0.324. The molecule has 0 saturated carbocycles. The molecular formula is C11H18BrN3O2. The van der Waals surface area contributed by atoms with Gasteiger partial charge in [0.15, 0.2) is 0 Å². The highest BCUT2D eigenvalue weighted by atomic mass is 79.9. The average Bonchev–Trinajstić information content (AvgIpc) is 2.63. The summed E-state index contributed by atoms with van der Waals surface area (Å²) in [6.45, 7) is 8.34. The summed E-state index contributed by atoms with van der Waals surface area (Å²) in [5, 5.41) is 15.4. The zero-order valence-electron chi connectivity index (χ0n) is 10.6. The first-order valence-corrected chi connectivity index (χ1v) is 6.71. The first-order valence-electron chi connectivity index (χ1n) is 5.79. The summed E-state index contributed by atoms with van der Waals surface area (Å²) in [6.07, 6.45) is 0.923. The van der Waals surface area contributed by atoms with Crippen LogP contribution in [0.15, 0.2) is 0 Å². The maximum Gasteiger partial charge on any atom is 0.313 e. The second-order valence-corrected chi connectivity index (χ2v) is 5.28. The topological polar surface area (TPSA) is 61.0 Å². The number of alkyl halides is 1. The Labute approximate surface area is 109 Å². The smallest absolute Gasteiger partial charge is 0.262 e. The van der Waals surface area contributed by atoms with Gasteiger partial charge in [0.25, 0.3) is 0 Å². The molecule has 2 unspecified atom stereocenters. The maximum atomic E-state index is 11.1. The molecular weight excluding hydrogens is 286 g/mol. The van der Waals surface area contributed by atoms with E-state index in [0.29, 0.717) is 12.2 Å². The van der Waals surface area contributed by atoms with Gasteiger partial charge in [-0.1, -0.05) is 29.8 Å². The van der Waals surface area contributed by atoms with Crippen molar-refractivity contribution in [2.45, 2.75) is 51.4 Å². The van der Waals surface area contributed by atoms with E-state index in [1.807, 2.05) is 13.8 Å². The SMILES string of the molecule is CCC(Br)C(C)c1c([N+](=O)[O-])c(C)nn1CC. The van der Waals surface area contributed by atoms with Gasteiger partial charge in [-0.3, -0.25) is 14.8 Å². The van der Waals surface area contributed by atoms with Crippen molar-refractivity contribution < 1.29 is 4.92 Å². The Morgan fingerprint density at radius 1 is 1.53 bits per heavy atom. The van der Waals surface area contributed by atoms with Gasteiger partial charge in [0, 0.05) is 17.3 Å². The fourth-order valence-corrected chi connectivity index (χ4v) is 2.28. The normalized spacial score (nSPS) is 14.6. The third-order valence-corrected chi connectivity index (χ3v) is 4.42. The molecule has 0 N–H and O–H groups in total. The van der Waals surface area contributed by atoms with Crippen molar-refractivity contribution in [1.82, 2.24) is 9.78 Å². The summed E-state index contributed by atoms with van der Waals surface area (Å²) >= 11 is 3.57. The van der Waals surface area contributed by atoms with Crippen molar-refractivity contribution in [1.29, 1.82) is 0 Å². The molecule has 0 aliphatic carbocycles. The van der Waals surface area contributed by atoms with E-state index >= 15 is 0 Å². The van der Waals surface area contributed by atoms with Gasteiger partial charge >= 0.3 is 5.69 Å². The Morgan fingerprint density at radius 2 is 2.12 bits per heavy atom. The first-order chi connectivity index (χ1) is 7.93. The summed E-state index contributed by atoms with van der Waals surface area (Å²) in [4.78, 5) is 11.0. The van der Waals surface area contributed by atoms with E-state index in [2.05, 4.69) is 28.0 Å². The summed E-state index contributed by atoms with van der Waals surface area (Å²) in [7, 11) is 0. The highest BCUT2D eigenvalue weighted by Gasteiger charge is 2.31. The predicted molar refractivity (Wildman–Crippen MR) is 70.7 cm³/mol. The van der Waals surface area contributed by atoms with E-state index in [9.17, 15) is 10.1 Å². The van der Waals surface area contributed by atoms with Crippen molar-refractivity contribution in [3.63, 3.8) is 0 Å². The van der Waals surface area contributed by atoms with Crippen LogP contribution in [0.5, 0.6) is 0 Å². The summed E-state index contributed by atoms with van der Waals surface area (Å²) < 4.78 is 1.74. The molecule has 1 heterocycles. The maximum absolute atomic E-state index is 11.1. The lowest BCUT2D eigenvalue weighted by molar-refractivity contribution is -0.386. The molecule has 1 rings (SSSR count). The van der Waals surface area contributed by atoms with Crippen LogP contribution in [0.1, 0.15) is 44.5 Å². The molecule has 96 valence electrons. The molecule has 0 saturated heterocycles. The van der Waals surface area contributed by atoms with Gasteiger partial charge in [-0.05, 0) is 20.3 Å². The van der Waals surface area contributed by atoms with Crippen LogP contribution >= 0.6 is 15.9 Å². The second-order valence-electron chi connectivity index (χ2n) is 4.11. The molecule has 2 atom stereocenters. The molecule has 1 aromatic heterocycles. The fraction of sp³-hybridized carbons (Fsp3) is 0.727. The Morgan fingerprint density at radius 3 is 2.53 bits per heavy atom. The van der Waals surface area contributed by atoms with Crippen molar-refractivity contribution in [2.75, 3.05) is 0 Å². The van der Waals surface area contributed by atoms with Crippen molar-refractivity contribution in [2.24, 2.45) is 0 Å². The lowest BCUT2D eigenvalue weighted by Gasteiger charge is -2.17. The van der Waals surface area contributed by atoms with Crippen LogP contribution in [0.2, 0.25) is 0 Å². The molecule has 0 amide bonds. The zero-order chi connectivity index (χ0) is 13.2. The molecule has 6 heteroatoms. The zero-order valence-corrected chi connectivity index (χ0v) is 12.2. The fourth-order valence-electron chi connectivity index (χ4n) is 2.03. The minimum Gasteiger partial charge on any atom is -0.262 e. The highest BCUT2D eigenvalue weighted by Crippen LogP contribution is 2.35. The van der Waals surface area contributed by atoms with Gasteiger partial charge in [-0.2, -0.15) is 5.10 Å². The van der Waals surface area contributed by atoms with Gasteiger partial charge in [0.2, 0.25) is 0 Å². The summed E-state index contributed by atoms with van der Waals surface area (Å²) in [6, 6.07) is 0. The number of nitrogens with zero attached hydrogens (tertiary/aromatic N) is 3. The van der Waals surface area contributed by atoms with Gasteiger partial charge in [0.1, 0.15) is 11.4 Å². The number of hydrogen-bond acceptors (Lipinski definition) is 3. The van der Waals surface area contributed by atoms with Crippen LogP contribution in [0.25, 0.3) is 0 Å². The van der Waals surface area contributed by atoms with Gasteiger partial charge < -0.3 is 0 Å². The Hall–Kier alpha value is -0.910. The van der Waals surface area contributed by atoms with Crippen molar-refractivity contribution in [3.8, 4) is 0 Å². The average molecular weight is 304 g/mol. The van der Waals surface area contributed by atoms with Crippen molar-refractivity contribution in [3.05, 3.63) is 21.5 Å². The van der Waals surface area contributed by atoms with Crippen LogP contribution in [0.4, 0.5) is 5.69 Å². The molecule has 17 heavy (non-hydrogen) atoms. The molecule has 1 aromatic rings. The lowest BCUT2D eigenvalue weighted by Crippen LogP contribution is -2.15. The van der Waals surface area contributed by atoms with E-state index in [-0.39, 0.29) is 21.4 Å². The number of halogens is 1. The number of hydrogen-bond donors (Lipinski definition) is 0. The Bertz CT molecular complexity index is 417. The van der Waals surface area contributed by atoms with Crippen LogP contribution < -0.4 is 0 Å². The Kier molecular flexibility index (Phi) is 4.68. The highest BCUT2D eigenvalue weighted by molar-refractivity contribution is 9.09. The van der Waals surface area contributed by atoms with Crippen LogP contribution in [0.3, 0.4) is 0 Å². The first kappa shape index (κ1) is 14.2. The van der Waals surface area contributed by atoms with E-state index in [0.717, 1.165) is 12.1 Å². The molecule has 0 aliphatic rings. The quantitative estimate of drug-likeness (QED) is 0.476. The minimum absolute atomic E-state index is 0.0709. The third kappa shape index (κ3) is 2.68.